The summed E-state index contributed by atoms with van der Waals surface area (Å²) in [6.45, 7) is 4.88. The van der Waals surface area contributed by atoms with Crippen molar-refractivity contribution in [3.63, 3.8) is 0 Å². The molecule has 1 aromatic heterocycles. The monoisotopic (exact) mass is 383 g/mol. The van der Waals surface area contributed by atoms with Crippen molar-refractivity contribution in [3.8, 4) is 0 Å². The molecular formula is C21H29N5O2. The topological polar surface area (TPSA) is 91.5 Å². The van der Waals surface area contributed by atoms with E-state index >= 15 is 0 Å². The van der Waals surface area contributed by atoms with Crippen LogP contribution in [0.15, 0.2) is 33.7 Å². The summed E-state index contributed by atoms with van der Waals surface area (Å²) in [6.07, 6.45) is 4.30. The molecule has 0 atom stereocenters. The quantitative estimate of drug-likeness (QED) is 0.526. The minimum absolute atomic E-state index is 0.136. The molecular weight excluding hydrogens is 354 g/mol. The predicted molar refractivity (Wildman–Crippen MR) is 110 cm³/mol. The number of oxazole rings is 1. The Hall–Kier alpha value is -2.83. The Kier molecular flexibility index (Phi) is 6.68. The van der Waals surface area contributed by atoms with Gasteiger partial charge in [0, 0.05) is 25.2 Å². The van der Waals surface area contributed by atoms with Crippen LogP contribution in [0.3, 0.4) is 0 Å². The number of amides is 1. The zero-order valence-electron chi connectivity index (χ0n) is 16.8. The number of aryl methyl sites for hydroxylation is 2. The lowest BCUT2D eigenvalue weighted by Gasteiger charge is -2.13. The fourth-order valence-corrected chi connectivity index (χ4v) is 3.37. The van der Waals surface area contributed by atoms with E-state index in [0.717, 1.165) is 48.4 Å². The second kappa shape index (κ2) is 9.39. The standard InChI is InChI=1S/C21H29N5O2/c1-14-15(2)28-19(25-14)13-24-21(22-3)23-12-16-7-6-10-18(11-16)26-20(27)17-8-4-5-9-17/h6-7,10-11,17H,4-5,8-9,12-13H2,1-3H3,(H,26,27)(H2,22,23,24). The molecule has 1 saturated carbocycles. The van der Waals surface area contributed by atoms with Gasteiger partial charge in [-0.1, -0.05) is 25.0 Å². The third kappa shape index (κ3) is 5.34. The number of nitrogens with one attached hydrogen (secondary N) is 3. The summed E-state index contributed by atoms with van der Waals surface area (Å²) in [7, 11) is 1.72. The first-order valence-electron chi connectivity index (χ1n) is 9.82. The van der Waals surface area contributed by atoms with Gasteiger partial charge in [-0.25, -0.2) is 4.98 Å². The molecule has 150 valence electrons. The molecule has 0 spiro atoms. The van der Waals surface area contributed by atoms with E-state index in [1.54, 1.807) is 7.05 Å². The van der Waals surface area contributed by atoms with Crippen molar-refractivity contribution in [1.82, 2.24) is 15.6 Å². The van der Waals surface area contributed by atoms with Crippen LogP contribution in [-0.2, 0) is 17.9 Å². The molecule has 0 bridgehead atoms. The van der Waals surface area contributed by atoms with Gasteiger partial charge in [-0.2, -0.15) is 0 Å². The summed E-state index contributed by atoms with van der Waals surface area (Å²) in [5.74, 6) is 2.42. The number of rotatable bonds is 6. The zero-order valence-corrected chi connectivity index (χ0v) is 16.8. The first-order valence-corrected chi connectivity index (χ1v) is 9.82. The van der Waals surface area contributed by atoms with Crippen molar-refractivity contribution in [2.45, 2.75) is 52.6 Å². The van der Waals surface area contributed by atoms with E-state index in [1.807, 2.05) is 38.1 Å². The summed E-state index contributed by atoms with van der Waals surface area (Å²) in [5, 5.41) is 9.51. The fraction of sp³-hybridized carbons (Fsp3) is 0.476. The number of guanidine groups is 1. The molecule has 7 nitrogen and oxygen atoms in total. The average Bonchev–Trinajstić information content (AvgIpc) is 3.33. The van der Waals surface area contributed by atoms with Crippen LogP contribution < -0.4 is 16.0 Å². The normalized spacial score (nSPS) is 14.9. The van der Waals surface area contributed by atoms with Crippen LogP contribution in [0.25, 0.3) is 0 Å². The summed E-state index contributed by atoms with van der Waals surface area (Å²) in [4.78, 5) is 20.9. The molecule has 7 heteroatoms. The number of hydrogen-bond donors (Lipinski definition) is 3. The summed E-state index contributed by atoms with van der Waals surface area (Å²) in [5.41, 5.74) is 2.80. The number of carbonyl (C=O) groups is 1. The van der Waals surface area contributed by atoms with Gasteiger partial charge in [0.05, 0.1) is 12.2 Å². The number of carbonyl (C=O) groups excluding carboxylic acids is 1. The van der Waals surface area contributed by atoms with Gasteiger partial charge in [-0.05, 0) is 44.4 Å². The van der Waals surface area contributed by atoms with E-state index in [1.165, 1.54) is 0 Å². The van der Waals surface area contributed by atoms with Crippen molar-refractivity contribution in [1.29, 1.82) is 0 Å². The predicted octanol–water partition coefficient (Wildman–Crippen LogP) is 3.29. The SMILES string of the molecule is CN=C(NCc1cccc(NC(=O)C2CCCC2)c1)NCc1nc(C)c(C)o1. The van der Waals surface area contributed by atoms with Crippen LogP contribution in [0, 0.1) is 19.8 Å². The van der Waals surface area contributed by atoms with Crippen LogP contribution in [-0.4, -0.2) is 23.9 Å². The van der Waals surface area contributed by atoms with E-state index in [4.69, 9.17) is 4.42 Å². The van der Waals surface area contributed by atoms with Crippen LogP contribution in [0.1, 0.15) is 48.6 Å². The molecule has 1 amide bonds. The number of hydrogen-bond acceptors (Lipinski definition) is 4. The van der Waals surface area contributed by atoms with E-state index in [9.17, 15) is 4.79 Å². The first kappa shape index (κ1) is 19.9. The minimum Gasteiger partial charge on any atom is -0.444 e. The fourth-order valence-electron chi connectivity index (χ4n) is 3.37. The molecule has 28 heavy (non-hydrogen) atoms. The van der Waals surface area contributed by atoms with E-state index in [2.05, 4.69) is 25.9 Å². The highest BCUT2D eigenvalue weighted by Crippen LogP contribution is 2.26. The molecule has 1 aliphatic carbocycles. The van der Waals surface area contributed by atoms with Crippen molar-refractivity contribution in [3.05, 3.63) is 47.2 Å². The highest BCUT2D eigenvalue weighted by atomic mass is 16.4. The van der Waals surface area contributed by atoms with Crippen LogP contribution in [0.2, 0.25) is 0 Å². The second-order valence-electron chi connectivity index (χ2n) is 7.20. The molecule has 0 unspecified atom stereocenters. The molecule has 0 saturated heterocycles. The lowest BCUT2D eigenvalue weighted by Crippen LogP contribution is -2.36. The highest BCUT2D eigenvalue weighted by molar-refractivity contribution is 5.92. The maximum Gasteiger partial charge on any atom is 0.227 e. The molecule has 1 aliphatic rings. The molecule has 1 heterocycles. The number of anilines is 1. The Balaban J connectivity index is 1.50. The molecule has 2 aromatic rings. The van der Waals surface area contributed by atoms with Crippen LogP contribution >= 0.6 is 0 Å². The first-order chi connectivity index (χ1) is 13.5. The number of nitrogens with zero attached hydrogens (tertiary/aromatic N) is 2. The molecule has 1 aromatic carbocycles. The third-order valence-electron chi connectivity index (χ3n) is 5.08. The lowest BCUT2D eigenvalue weighted by molar-refractivity contribution is -0.119. The maximum atomic E-state index is 12.3. The van der Waals surface area contributed by atoms with Crippen molar-refractivity contribution >= 4 is 17.6 Å². The number of aromatic nitrogens is 1. The molecule has 0 radical (unpaired) electrons. The summed E-state index contributed by atoms with van der Waals surface area (Å²) >= 11 is 0. The van der Waals surface area contributed by atoms with E-state index < -0.39 is 0 Å². The number of aliphatic imine (C=N–C) groups is 1. The smallest absolute Gasteiger partial charge is 0.227 e. The maximum absolute atomic E-state index is 12.3. The highest BCUT2D eigenvalue weighted by Gasteiger charge is 2.22. The Bertz CT molecular complexity index is 818. The molecule has 1 fully saturated rings. The minimum atomic E-state index is 0.136. The van der Waals surface area contributed by atoms with Gasteiger partial charge in [0.15, 0.2) is 5.96 Å². The van der Waals surface area contributed by atoms with Gasteiger partial charge in [0.25, 0.3) is 0 Å². The Morgan fingerprint density at radius 3 is 2.64 bits per heavy atom. The van der Waals surface area contributed by atoms with Gasteiger partial charge in [-0.15, -0.1) is 0 Å². The van der Waals surface area contributed by atoms with Gasteiger partial charge in [0.2, 0.25) is 11.8 Å². The van der Waals surface area contributed by atoms with Crippen molar-refractivity contribution in [2.75, 3.05) is 12.4 Å². The Morgan fingerprint density at radius 2 is 1.96 bits per heavy atom. The third-order valence-corrected chi connectivity index (χ3v) is 5.08. The summed E-state index contributed by atoms with van der Waals surface area (Å²) < 4.78 is 5.57. The van der Waals surface area contributed by atoms with Gasteiger partial charge >= 0.3 is 0 Å². The van der Waals surface area contributed by atoms with Gasteiger partial charge in [-0.3, -0.25) is 9.79 Å². The van der Waals surface area contributed by atoms with E-state index in [-0.39, 0.29) is 11.8 Å². The molecule has 0 aliphatic heterocycles. The van der Waals surface area contributed by atoms with Crippen LogP contribution in [0.4, 0.5) is 5.69 Å². The molecule has 3 N–H and O–H groups in total. The van der Waals surface area contributed by atoms with Crippen LogP contribution in [0.5, 0.6) is 0 Å². The number of benzene rings is 1. The molecule has 3 rings (SSSR count). The average molecular weight is 383 g/mol. The van der Waals surface area contributed by atoms with Gasteiger partial charge in [0.1, 0.15) is 5.76 Å². The van der Waals surface area contributed by atoms with Crippen molar-refractivity contribution < 1.29 is 9.21 Å². The van der Waals surface area contributed by atoms with Crippen molar-refractivity contribution in [2.24, 2.45) is 10.9 Å². The summed E-state index contributed by atoms with van der Waals surface area (Å²) in [6, 6.07) is 7.90. The lowest BCUT2D eigenvalue weighted by atomic mass is 10.1. The largest absolute Gasteiger partial charge is 0.444 e. The van der Waals surface area contributed by atoms with Gasteiger partial charge < -0.3 is 20.4 Å². The second-order valence-corrected chi connectivity index (χ2v) is 7.20. The Morgan fingerprint density at radius 1 is 1.21 bits per heavy atom. The van der Waals surface area contributed by atoms with E-state index in [0.29, 0.717) is 24.9 Å². The Labute approximate surface area is 166 Å². The zero-order chi connectivity index (χ0) is 19.9.